The number of piperazine rings is 1. The first kappa shape index (κ1) is 27.5. The molecule has 3 rings (SSSR count). The minimum atomic E-state index is -4.71. The lowest BCUT2D eigenvalue weighted by molar-refractivity contribution is -0.137. The fourth-order valence-electron chi connectivity index (χ4n) is 3.62. The number of carbonyl (C=O) groups is 2. The molecule has 198 valence electrons. The number of alkyl halides is 3. The van der Waals surface area contributed by atoms with Gasteiger partial charge >= 0.3 is 6.18 Å². The Labute approximate surface area is 211 Å². The highest BCUT2D eigenvalue weighted by molar-refractivity contribution is 5.98. The van der Waals surface area contributed by atoms with E-state index >= 15 is 0 Å². The van der Waals surface area contributed by atoms with Gasteiger partial charge in [0.15, 0.2) is 11.4 Å². The van der Waals surface area contributed by atoms with Crippen molar-refractivity contribution in [1.29, 1.82) is 5.26 Å². The number of anilines is 3. The average Bonchev–Trinajstić information content (AvgIpc) is 2.83. The first-order valence-corrected chi connectivity index (χ1v) is 11.4. The van der Waals surface area contributed by atoms with Crippen LogP contribution in [-0.4, -0.2) is 77.5 Å². The van der Waals surface area contributed by atoms with E-state index in [-0.39, 0.29) is 41.1 Å². The highest BCUT2D eigenvalue weighted by Crippen LogP contribution is 2.33. The van der Waals surface area contributed by atoms with Gasteiger partial charge in [-0.05, 0) is 39.1 Å². The van der Waals surface area contributed by atoms with Crippen molar-refractivity contribution in [2.45, 2.75) is 26.1 Å². The van der Waals surface area contributed by atoms with Crippen LogP contribution in [0.4, 0.5) is 30.6 Å². The van der Waals surface area contributed by atoms with Crippen molar-refractivity contribution in [2.24, 2.45) is 0 Å². The van der Waals surface area contributed by atoms with Crippen LogP contribution in [0.25, 0.3) is 0 Å². The van der Waals surface area contributed by atoms with Gasteiger partial charge in [0.1, 0.15) is 12.1 Å². The Hall–Kier alpha value is -4.12. The first-order chi connectivity index (χ1) is 17.4. The number of nitrogens with one attached hydrogen (secondary N) is 2. The van der Waals surface area contributed by atoms with Crippen LogP contribution in [0, 0.1) is 11.3 Å². The number of nitrogens with zero attached hydrogens (tertiary/aromatic N) is 5. The third-order valence-electron chi connectivity index (χ3n) is 5.60. The maximum Gasteiger partial charge on any atom is 0.416 e. The summed E-state index contributed by atoms with van der Waals surface area (Å²) in [6, 6.07) is 3.64. The van der Waals surface area contributed by atoms with E-state index in [1.54, 1.807) is 6.92 Å². The maximum absolute atomic E-state index is 13.6. The Morgan fingerprint density at radius 1 is 1.22 bits per heavy atom. The third-order valence-corrected chi connectivity index (χ3v) is 5.60. The normalized spacial score (nSPS) is 15.0. The zero-order chi connectivity index (χ0) is 27.3. The van der Waals surface area contributed by atoms with Crippen molar-refractivity contribution in [1.82, 2.24) is 19.8 Å². The van der Waals surface area contributed by atoms with Crippen LogP contribution >= 0.6 is 0 Å². The monoisotopic (exact) mass is 520 g/mol. The Kier molecular flexibility index (Phi) is 8.38. The van der Waals surface area contributed by atoms with Crippen LogP contribution in [0.2, 0.25) is 0 Å². The molecule has 37 heavy (non-hydrogen) atoms. The molecular formula is C23H27F3N8O3. The number of benzene rings is 1. The van der Waals surface area contributed by atoms with Crippen molar-refractivity contribution in [3.05, 3.63) is 34.9 Å². The average molecular weight is 521 g/mol. The van der Waals surface area contributed by atoms with E-state index in [4.69, 9.17) is 10.5 Å². The van der Waals surface area contributed by atoms with Crippen LogP contribution < -0.4 is 21.1 Å². The molecule has 1 saturated heterocycles. The molecule has 4 N–H and O–H groups in total. The van der Waals surface area contributed by atoms with Gasteiger partial charge in [0.05, 0.1) is 12.2 Å². The second kappa shape index (κ2) is 11.3. The predicted octanol–water partition coefficient (Wildman–Crippen LogP) is 2.17. The summed E-state index contributed by atoms with van der Waals surface area (Å²) in [5.74, 6) is -1.81. The quantitative estimate of drug-likeness (QED) is 0.499. The molecule has 14 heteroatoms. The molecule has 0 spiro atoms. The Balaban J connectivity index is 1.84. The maximum atomic E-state index is 13.6. The summed E-state index contributed by atoms with van der Waals surface area (Å²) in [4.78, 5) is 37.0. The van der Waals surface area contributed by atoms with Gasteiger partial charge in [-0.2, -0.15) is 28.4 Å². The Morgan fingerprint density at radius 3 is 2.49 bits per heavy atom. The number of nitrogens with two attached hydrogens (primary N) is 1. The van der Waals surface area contributed by atoms with Crippen LogP contribution in [0.5, 0.6) is 5.88 Å². The van der Waals surface area contributed by atoms with Gasteiger partial charge < -0.3 is 30.9 Å². The highest BCUT2D eigenvalue weighted by atomic mass is 19.4. The SMILES string of the molecule is CCOc1nc(N)nc(NC(=O)[C@H](C)Nc2cc(C(=O)N3CCN(C)CC3)cc(C(F)(F)F)c2)c1C#N. The van der Waals surface area contributed by atoms with Crippen molar-refractivity contribution in [2.75, 3.05) is 56.2 Å². The Bertz CT molecular complexity index is 1210. The fourth-order valence-corrected chi connectivity index (χ4v) is 3.62. The number of hydrogen-bond acceptors (Lipinski definition) is 9. The summed E-state index contributed by atoms with van der Waals surface area (Å²) in [6.45, 7) is 5.24. The Morgan fingerprint density at radius 2 is 1.89 bits per heavy atom. The topological polar surface area (TPSA) is 149 Å². The van der Waals surface area contributed by atoms with Crippen molar-refractivity contribution in [3.63, 3.8) is 0 Å². The van der Waals surface area contributed by atoms with Gasteiger partial charge in [0, 0.05) is 37.4 Å². The molecule has 2 aromatic rings. The van der Waals surface area contributed by atoms with E-state index < -0.39 is 29.6 Å². The molecule has 1 aromatic heterocycles. The second-order valence-corrected chi connectivity index (χ2v) is 8.40. The number of nitrogen functional groups attached to an aromatic ring is 1. The number of likely N-dealkylation sites (N-methyl/N-ethyl adjacent to an activating group) is 1. The molecule has 2 heterocycles. The zero-order valence-corrected chi connectivity index (χ0v) is 20.5. The van der Waals surface area contributed by atoms with Gasteiger partial charge in [0.2, 0.25) is 17.7 Å². The number of nitriles is 1. The minimum Gasteiger partial charge on any atom is -0.477 e. The number of ether oxygens (including phenoxy) is 1. The van der Waals surface area contributed by atoms with E-state index in [0.717, 1.165) is 12.1 Å². The lowest BCUT2D eigenvalue weighted by Gasteiger charge is -2.32. The summed E-state index contributed by atoms with van der Waals surface area (Å²) >= 11 is 0. The molecule has 1 aromatic carbocycles. The van der Waals surface area contributed by atoms with Crippen LogP contribution in [0.15, 0.2) is 18.2 Å². The second-order valence-electron chi connectivity index (χ2n) is 8.40. The van der Waals surface area contributed by atoms with E-state index in [9.17, 15) is 28.0 Å². The summed E-state index contributed by atoms with van der Waals surface area (Å²) in [5, 5.41) is 14.6. The van der Waals surface area contributed by atoms with Crippen LogP contribution in [0.1, 0.15) is 35.3 Å². The summed E-state index contributed by atoms with van der Waals surface area (Å²) in [7, 11) is 1.90. The minimum absolute atomic E-state index is 0.0762. The summed E-state index contributed by atoms with van der Waals surface area (Å²) < 4.78 is 46.1. The standard InChI is InChI=1S/C23H27F3N8O3/c1-4-37-20-17(12-27)18(31-22(28)32-20)30-19(35)13(2)29-16-10-14(9-15(11-16)23(24,25)26)21(36)34-7-5-33(3)6-8-34/h9-11,13,29H,4-8H2,1-3H3,(H3,28,30,31,32,35)/t13-/m0/s1. The summed E-state index contributed by atoms with van der Waals surface area (Å²) in [5.41, 5.74) is 4.23. The van der Waals surface area contributed by atoms with E-state index in [2.05, 4.69) is 20.6 Å². The molecule has 2 amide bonds. The van der Waals surface area contributed by atoms with E-state index in [0.29, 0.717) is 26.2 Å². The molecule has 0 radical (unpaired) electrons. The van der Waals surface area contributed by atoms with Gasteiger partial charge in [-0.1, -0.05) is 0 Å². The van der Waals surface area contributed by atoms with Crippen molar-refractivity contribution < 1.29 is 27.5 Å². The van der Waals surface area contributed by atoms with Gasteiger partial charge in [-0.3, -0.25) is 9.59 Å². The molecule has 1 aliphatic rings. The summed E-state index contributed by atoms with van der Waals surface area (Å²) in [6.07, 6.45) is -4.71. The number of rotatable bonds is 7. The van der Waals surface area contributed by atoms with Crippen molar-refractivity contribution in [3.8, 4) is 11.9 Å². The number of aromatic nitrogens is 2. The highest BCUT2D eigenvalue weighted by Gasteiger charge is 2.33. The largest absolute Gasteiger partial charge is 0.477 e. The van der Waals surface area contributed by atoms with Crippen molar-refractivity contribution >= 4 is 29.3 Å². The smallest absolute Gasteiger partial charge is 0.416 e. The van der Waals surface area contributed by atoms with Crippen LogP contribution in [-0.2, 0) is 11.0 Å². The number of carbonyl (C=O) groups excluding carboxylic acids is 2. The molecule has 11 nitrogen and oxygen atoms in total. The van der Waals surface area contributed by atoms with Crippen LogP contribution in [0.3, 0.4) is 0 Å². The molecule has 1 aliphatic heterocycles. The third kappa shape index (κ3) is 6.76. The molecule has 0 aliphatic carbocycles. The van der Waals surface area contributed by atoms with E-state index in [1.165, 1.54) is 17.9 Å². The first-order valence-electron chi connectivity index (χ1n) is 11.4. The molecule has 0 bridgehead atoms. The molecular weight excluding hydrogens is 493 g/mol. The zero-order valence-electron chi connectivity index (χ0n) is 20.5. The number of amides is 2. The van der Waals surface area contributed by atoms with Gasteiger partial charge in [-0.25, -0.2) is 0 Å². The van der Waals surface area contributed by atoms with Gasteiger partial charge in [-0.15, -0.1) is 0 Å². The van der Waals surface area contributed by atoms with Gasteiger partial charge in [0.25, 0.3) is 5.91 Å². The molecule has 0 saturated carbocycles. The molecule has 1 fully saturated rings. The fraction of sp³-hybridized carbons (Fsp3) is 0.435. The lowest BCUT2D eigenvalue weighted by Crippen LogP contribution is -2.47. The lowest BCUT2D eigenvalue weighted by atomic mass is 10.1. The number of hydrogen-bond donors (Lipinski definition) is 3. The molecule has 1 atom stereocenters. The molecule has 0 unspecified atom stereocenters. The predicted molar refractivity (Wildman–Crippen MR) is 129 cm³/mol. The number of halogens is 3. The van der Waals surface area contributed by atoms with E-state index in [1.807, 2.05) is 18.0 Å².